The zero-order valence-corrected chi connectivity index (χ0v) is 24.4. The Labute approximate surface area is 240 Å². The number of carbonyl (C=O) groups excluding carboxylic acids is 3. The lowest BCUT2D eigenvalue weighted by molar-refractivity contribution is -0.140. The predicted octanol–water partition coefficient (Wildman–Crippen LogP) is 2.91. The van der Waals surface area contributed by atoms with Crippen molar-refractivity contribution >= 4 is 31.5 Å². The van der Waals surface area contributed by atoms with Crippen molar-refractivity contribution in [3.8, 4) is 5.75 Å². The van der Waals surface area contributed by atoms with Gasteiger partial charge in [-0.05, 0) is 55.7 Å². The molecule has 1 aliphatic heterocycles. The van der Waals surface area contributed by atoms with E-state index in [4.69, 9.17) is 9.79 Å². The molecule has 1 aromatic carbocycles. The van der Waals surface area contributed by atoms with E-state index in [0.29, 0.717) is 18.0 Å². The van der Waals surface area contributed by atoms with Crippen molar-refractivity contribution in [3.05, 3.63) is 29.8 Å². The molecule has 3 rings (SSSR count). The SMILES string of the molecule is CC(=O)N[C@@H](Cc1ccc(OP(=O)(O)O)cc1)C(=O)NC(CCC(=O)O)C(=O)N1CCCC1CCC1CCCCC1. The van der Waals surface area contributed by atoms with E-state index in [1.54, 1.807) is 4.90 Å². The minimum atomic E-state index is -4.73. The highest BCUT2D eigenvalue weighted by molar-refractivity contribution is 7.46. The van der Waals surface area contributed by atoms with Crippen molar-refractivity contribution < 1.29 is 43.2 Å². The first-order valence-electron chi connectivity index (χ1n) is 14.3. The molecule has 2 unspecified atom stereocenters. The lowest BCUT2D eigenvalue weighted by Crippen LogP contribution is -2.55. The average Bonchev–Trinajstić information content (AvgIpc) is 3.38. The van der Waals surface area contributed by atoms with E-state index in [1.807, 2.05) is 0 Å². The minimum Gasteiger partial charge on any atom is -0.481 e. The van der Waals surface area contributed by atoms with Gasteiger partial charge in [0.25, 0.3) is 0 Å². The summed E-state index contributed by atoms with van der Waals surface area (Å²) in [4.78, 5) is 70.0. The molecule has 0 aromatic heterocycles. The molecule has 3 atom stereocenters. The summed E-state index contributed by atoms with van der Waals surface area (Å²) in [7, 11) is -4.73. The third kappa shape index (κ3) is 11.1. The Morgan fingerprint density at radius 3 is 2.27 bits per heavy atom. The molecule has 12 nitrogen and oxygen atoms in total. The number of rotatable bonds is 14. The van der Waals surface area contributed by atoms with Crippen molar-refractivity contribution in [1.82, 2.24) is 15.5 Å². The highest BCUT2D eigenvalue weighted by Gasteiger charge is 2.35. The highest BCUT2D eigenvalue weighted by Crippen LogP contribution is 2.37. The second-order valence-corrected chi connectivity index (χ2v) is 12.2. The summed E-state index contributed by atoms with van der Waals surface area (Å²) in [6.45, 7) is 1.82. The second kappa shape index (κ2) is 15.3. The average molecular weight is 596 g/mol. The van der Waals surface area contributed by atoms with Crippen LogP contribution in [0.25, 0.3) is 0 Å². The van der Waals surface area contributed by atoms with Gasteiger partial charge in [-0.25, -0.2) is 4.57 Å². The van der Waals surface area contributed by atoms with Crippen molar-refractivity contribution in [3.63, 3.8) is 0 Å². The molecule has 5 N–H and O–H groups in total. The fourth-order valence-electron chi connectivity index (χ4n) is 5.84. The summed E-state index contributed by atoms with van der Waals surface area (Å²) in [5.74, 6) is -1.86. The molecule has 0 bridgehead atoms. The quantitative estimate of drug-likeness (QED) is 0.202. The molecule has 1 saturated carbocycles. The van der Waals surface area contributed by atoms with E-state index in [9.17, 15) is 28.8 Å². The third-order valence-corrected chi connectivity index (χ3v) is 8.28. The number of hydrogen-bond acceptors (Lipinski definition) is 6. The van der Waals surface area contributed by atoms with E-state index in [2.05, 4.69) is 15.2 Å². The molecule has 41 heavy (non-hydrogen) atoms. The monoisotopic (exact) mass is 595 g/mol. The second-order valence-electron chi connectivity index (χ2n) is 11.1. The van der Waals surface area contributed by atoms with Gasteiger partial charge in [-0.2, -0.15) is 0 Å². The number of carbonyl (C=O) groups is 4. The summed E-state index contributed by atoms with van der Waals surface area (Å²) in [5.41, 5.74) is 0.563. The van der Waals surface area contributed by atoms with Crippen LogP contribution in [0.2, 0.25) is 0 Å². The molecule has 0 radical (unpaired) electrons. The first-order valence-corrected chi connectivity index (χ1v) is 15.9. The zero-order chi connectivity index (χ0) is 30.0. The van der Waals surface area contributed by atoms with Crippen LogP contribution in [0.5, 0.6) is 5.75 Å². The Bertz CT molecular complexity index is 1100. The van der Waals surface area contributed by atoms with Crippen LogP contribution in [0.15, 0.2) is 24.3 Å². The molecule has 1 aromatic rings. The van der Waals surface area contributed by atoms with Crippen LogP contribution in [0.4, 0.5) is 0 Å². The topological polar surface area (TPSA) is 183 Å². The Hall–Kier alpha value is -2.95. The van der Waals surface area contributed by atoms with Crippen molar-refractivity contribution in [2.24, 2.45) is 5.92 Å². The van der Waals surface area contributed by atoms with Crippen LogP contribution in [0.1, 0.15) is 83.1 Å². The number of phosphoric acid groups is 1. The standard InChI is InChI=1S/C28H42N3O9P/c1-19(32)29-25(18-21-10-13-23(14-11-21)40-41(37,38)39)27(35)30-24(15-16-26(33)34)28(36)31-17-5-8-22(31)12-9-20-6-3-2-4-7-20/h10-11,13-14,20,22,24-25H,2-9,12,15-18H2,1H3,(H,29,32)(H,30,35)(H,33,34)(H2,37,38,39)/t22?,24?,25-/m0/s1. The van der Waals surface area contributed by atoms with Crippen LogP contribution in [0, 0.1) is 5.92 Å². The van der Waals surface area contributed by atoms with Gasteiger partial charge in [-0.3, -0.25) is 29.0 Å². The van der Waals surface area contributed by atoms with Gasteiger partial charge in [-0.1, -0.05) is 44.2 Å². The van der Waals surface area contributed by atoms with E-state index in [0.717, 1.165) is 25.7 Å². The largest absolute Gasteiger partial charge is 0.524 e. The van der Waals surface area contributed by atoms with Crippen molar-refractivity contribution in [2.45, 2.75) is 102 Å². The van der Waals surface area contributed by atoms with Crippen LogP contribution in [-0.2, 0) is 30.2 Å². The Kier molecular flexibility index (Phi) is 12.2. The number of carboxylic acids is 1. The van der Waals surface area contributed by atoms with Crippen molar-refractivity contribution in [2.75, 3.05) is 6.54 Å². The fourth-order valence-corrected chi connectivity index (χ4v) is 6.24. The lowest BCUT2D eigenvalue weighted by Gasteiger charge is -2.31. The summed E-state index contributed by atoms with van der Waals surface area (Å²) >= 11 is 0. The molecule has 2 aliphatic rings. The summed E-state index contributed by atoms with van der Waals surface area (Å²) in [6, 6.07) is 3.61. The van der Waals surface area contributed by atoms with Gasteiger partial charge in [0, 0.05) is 32.4 Å². The maximum absolute atomic E-state index is 13.7. The number of likely N-dealkylation sites (tertiary alicyclic amines) is 1. The maximum atomic E-state index is 13.7. The molecule has 1 heterocycles. The van der Waals surface area contributed by atoms with E-state index >= 15 is 0 Å². The van der Waals surface area contributed by atoms with Gasteiger partial charge >= 0.3 is 13.8 Å². The lowest BCUT2D eigenvalue weighted by atomic mass is 9.85. The number of nitrogens with one attached hydrogen (secondary N) is 2. The predicted molar refractivity (Wildman–Crippen MR) is 150 cm³/mol. The Balaban J connectivity index is 1.69. The molecule has 13 heteroatoms. The zero-order valence-electron chi connectivity index (χ0n) is 23.5. The number of aliphatic carboxylic acids is 1. The summed E-state index contributed by atoms with van der Waals surface area (Å²) in [6.07, 6.45) is 9.57. The summed E-state index contributed by atoms with van der Waals surface area (Å²) in [5, 5.41) is 14.6. The van der Waals surface area contributed by atoms with Gasteiger partial charge in [0.1, 0.15) is 17.8 Å². The number of amides is 3. The van der Waals surface area contributed by atoms with Crippen LogP contribution >= 0.6 is 7.82 Å². The van der Waals surface area contributed by atoms with Crippen molar-refractivity contribution in [1.29, 1.82) is 0 Å². The minimum absolute atomic E-state index is 0.0230. The maximum Gasteiger partial charge on any atom is 0.524 e. The first-order chi connectivity index (χ1) is 19.4. The number of phosphoric ester groups is 1. The van der Waals surface area contributed by atoms with E-state index in [-0.39, 0.29) is 37.0 Å². The summed E-state index contributed by atoms with van der Waals surface area (Å²) < 4.78 is 15.6. The van der Waals surface area contributed by atoms with Gasteiger partial charge in [0.15, 0.2) is 0 Å². The van der Waals surface area contributed by atoms with Gasteiger partial charge in [0.05, 0.1) is 0 Å². The molecule has 3 amide bonds. The van der Waals surface area contributed by atoms with Crippen LogP contribution < -0.4 is 15.2 Å². The number of benzene rings is 1. The molecule has 0 spiro atoms. The highest BCUT2D eigenvalue weighted by atomic mass is 31.2. The Morgan fingerprint density at radius 2 is 1.66 bits per heavy atom. The van der Waals surface area contributed by atoms with Gasteiger partial charge in [0.2, 0.25) is 17.7 Å². The van der Waals surface area contributed by atoms with Crippen LogP contribution in [-0.4, -0.2) is 68.2 Å². The van der Waals surface area contributed by atoms with Gasteiger partial charge in [-0.15, -0.1) is 0 Å². The fraction of sp³-hybridized carbons (Fsp3) is 0.643. The molecule has 2 fully saturated rings. The molecule has 1 aliphatic carbocycles. The molecule has 228 valence electrons. The van der Waals surface area contributed by atoms with Crippen LogP contribution in [0.3, 0.4) is 0 Å². The Morgan fingerprint density at radius 1 is 0.976 bits per heavy atom. The third-order valence-electron chi connectivity index (χ3n) is 7.84. The number of nitrogens with zero attached hydrogens (tertiary/aromatic N) is 1. The van der Waals surface area contributed by atoms with E-state index < -0.39 is 37.7 Å². The number of hydrogen-bond donors (Lipinski definition) is 5. The van der Waals surface area contributed by atoms with E-state index in [1.165, 1.54) is 63.3 Å². The number of carboxylic acid groups (broad SMARTS) is 1. The molecular formula is C28H42N3O9P. The molecule has 1 saturated heterocycles. The normalized spacial score (nSPS) is 19.3. The first kappa shape index (κ1) is 32.6. The molecular weight excluding hydrogens is 553 g/mol. The smallest absolute Gasteiger partial charge is 0.481 e. The van der Waals surface area contributed by atoms with Gasteiger partial charge < -0.3 is 25.2 Å².